The van der Waals surface area contributed by atoms with Crippen molar-refractivity contribution < 1.29 is 17.9 Å². The third-order valence-corrected chi connectivity index (χ3v) is 6.02. The highest BCUT2D eigenvalue weighted by Gasteiger charge is 2.39. The Balaban J connectivity index is 2.79. The van der Waals surface area contributed by atoms with Crippen molar-refractivity contribution >= 4 is 15.8 Å². The van der Waals surface area contributed by atoms with E-state index in [0.29, 0.717) is 12.3 Å². The van der Waals surface area contributed by atoms with Gasteiger partial charge >= 0.3 is 5.97 Å². The predicted octanol–water partition coefficient (Wildman–Crippen LogP) is 1.13. The Hall–Kier alpha value is -0.620. The van der Waals surface area contributed by atoms with Crippen LogP contribution in [-0.4, -0.2) is 45.1 Å². The van der Waals surface area contributed by atoms with Crippen molar-refractivity contribution in [2.24, 2.45) is 5.92 Å². The molecule has 1 fully saturated rings. The van der Waals surface area contributed by atoms with Gasteiger partial charge in [0.05, 0.1) is 11.9 Å². The fourth-order valence-corrected chi connectivity index (χ4v) is 4.75. The molecule has 1 aliphatic rings. The molecular weight excluding hydrogens is 266 g/mol. The molecule has 1 saturated carbocycles. The standard InChI is InChI=1S/C13H25NO4S/c1-4-10-6-7-11(14-3)12(8-10)19(16,17)9-13(15)18-5-2/h10-12,14H,4-9H2,1-3H3. The number of rotatable bonds is 6. The van der Waals surface area contributed by atoms with Crippen LogP contribution in [0.15, 0.2) is 0 Å². The van der Waals surface area contributed by atoms with E-state index < -0.39 is 26.8 Å². The summed E-state index contributed by atoms with van der Waals surface area (Å²) in [6, 6.07) is -0.0535. The predicted molar refractivity (Wildman–Crippen MR) is 74.7 cm³/mol. The van der Waals surface area contributed by atoms with Crippen molar-refractivity contribution in [2.75, 3.05) is 19.4 Å². The summed E-state index contributed by atoms with van der Waals surface area (Å²) in [4.78, 5) is 11.4. The second-order valence-electron chi connectivity index (χ2n) is 5.13. The van der Waals surface area contributed by atoms with E-state index in [2.05, 4.69) is 12.2 Å². The van der Waals surface area contributed by atoms with Crippen LogP contribution in [-0.2, 0) is 19.4 Å². The second-order valence-corrected chi connectivity index (χ2v) is 7.35. The summed E-state index contributed by atoms with van der Waals surface area (Å²) in [7, 11) is -1.66. The minimum Gasteiger partial charge on any atom is -0.465 e. The molecule has 1 N–H and O–H groups in total. The molecule has 5 nitrogen and oxygen atoms in total. The molecule has 0 aromatic carbocycles. The lowest BCUT2D eigenvalue weighted by Gasteiger charge is -2.35. The van der Waals surface area contributed by atoms with Gasteiger partial charge in [-0.1, -0.05) is 13.3 Å². The first-order valence-electron chi connectivity index (χ1n) is 6.99. The minimum absolute atomic E-state index is 0.0535. The number of hydrogen-bond donors (Lipinski definition) is 1. The second kappa shape index (κ2) is 7.24. The zero-order valence-corrected chi connectivity index (χ0v) is 12.8. The number of sulfone groups is 1. The van der Waals surface area contributed by atoms with Crippen LogP contribution in [0.25, 0.3) is 0 Å². The number of hydrogen-bond acceptors (Lipinski definition) is 5. The molecule has 0 aromatic heterocycles. The van der Waals surface area contributed by atoms with Gasteiger partial charge in [0.25, 0.3) is 0 Å². The SMILES string of the molecule is CCOC(=O)CS(=O)(=O)C1CC(CC)CCC1NC. The van der Waals surface area contributed by atoms with Gasteiger partial charge in [0.15, 0.2) is 9.84 Å². The molecule has 112 valence electrons. The number of ether oxygens (including phenoxy) is 1. The van der Waals surface area contributed by atoms with E-state index in [1.807, 2.05) is 0 Å². The third kappa shape index (κ3) is 4.45. The lowest BCUT2D eigenvalue weighted by Crippen LogP contribution is -2.48. The summed E-state index contributed by atoms with van der Waals surface area (Å²) in [6.07, 6.45) is 3.53. The van der Waals surface area contributed by atoms with Crippen LogP contribution in [0.4, 0.5) is 0 Å². The Morgan fingerprint density at radius 2 is 2.00 bits per heavy atom. The van der Waals surface area contributed by atoms with E-state index in [-0.39, 0.29) is 12.6 Å². The Bertz CT molecular complexity index is 393. The number of nitrogens with one attached hydrogen (secondary N) is 1. The lowest BCUT2D eigenvalue weighted by molar-refractivity contribution is -0.139. The quantitative estimate of drug-likeness (QED) is 0.743. The molecule has 0 aliphatic heterocycles. The fraction of sp³-hybridized carbons (Fsp3) is 0.923. The Morgan fingerprint density at radius 1 is 1.32 bits per heavy atom. The smallest absolute Gasteiger partial charge is 0.321 e. The highest BCUT2D eigenvalue weighted by atomic mass is 32.2. The van der Waals surface area contributed by atoms with Crippen molar-refractivity contribution in [1.29, 1.82) is 0 Å². The van der Waals surface area contributed by atoms with Crippen molar-refractivity contribution in [2.45, 2.75) is 50.8 Å². The first kappa shape index (κ1) is 16.4. The molecule has 0 heterocycles. The molecule has 6 heteroatoms. The van der Waals surface area contributed by atoms with Gasteiger partial charge in [0.1, 0.15) is 5.75 Å². The van der Waals surface area contributed by atoms with Crippen LogP contribution >= 0.6 is 0 Å². The first-order chi connectivity index (χ1) is 8.94. The van der Waals surface area contributed by atoms with Crippen molar-refractivity contribution in [1.82, 2.24) is 5.32 Å². The van der Waals surface area contributed by atoms with Gasteiger partial charge in [0.2, 0.25) is 0 Å². The summed E-state index contributed by atoms with van der Waals surface area (Å²) in [6.45, 7) is 3.97. The van der Waals surface area contributed by atoms with Gasteiger partial charge in [-0.05, 0) is 39.2 Å². The van der Waals surface area contributed by atoms with Gasteiger partial charge in [-0.15, -0.1) is 0 Å². The maximum absolute atomic E-state index is 12.4. The molecule has 19 heavy (non-hydrogen) atoms. The van der Waals surface area contributed by atoms with Crippen molar-refractivity contribution in [3.63, 3.8) is 0 Å². The first-order valence-corrected chi connectivity index (χ1v) is 8.70. The highest BCUT2D eigenvalue weighted by molar-refractivity contribution is 7.92. The topological polar surface area (TPSA) is 72.5 Å². The fourth-order valence-electron chi connectivity index (χ4n) is 2.78. The van der Waals surface area contributed by atoms with Crippen LogP contribution in [0, 0.1) is 5.92 Å². The van der Waals surface area contributed by atoms with Crippen LogP contribution in [0.5, 0.6) is 0 Å². The molecular formula is C13H25NO4S. The molecule has 1 rings (SSSR count). The van der Waals surface area contributed by atoms with Gasteiger partial charge in [-0.3, -0.25) is 4.79 Å². The zero-order valence-electron chi connectivity index (χ0n) is 12.0. The molecule has 0 radical (unpaired) electrons. The maximum Gasteiger partial charge on any atom is 0.321 e. The van der Waals surface area contributed by atoms with Crippen molar-refractivity contribution in [3.05, 3.63) is 0 Å². The number of carbonyl (C=O) groups excluding carboxylic acids is 1. The largest absolute Gasteiger partial charge is 0.465 e. The van der Waals surface area contributed by atoms with Gasteiger partial charge in [-0.25, -0.2) is 8.42 Å². The minimum atomic E-state index is -3.45. The van der Waals surface area contributed by atoms with E-state index in [4.69, 9.17) is 4.74 Å². The molecule has 0 spiro atoms. The molecule has 3 unspecified atom stereocenters. The van der Waals surface area contributed by atoms with Gasteiger partial charge in [-0.2, -0.15) is 0 Å². The molecule has 0 aromatic rings. The molecule has 0 amide bonds. The van der Waals surface area contributed by atoms with Crippen LogP contribution in [0.1, 0.15) is 39.5 Å². The van der Waals surface area contributed by atoms with Gasteiger partial charge in [0, 0.05) is 6.04 Å². The zero-order chi connectivity index (χ0) is 14.5. The monoisotopic (exact) mass is 291 g/mol. The van der Waals surface area contributed by atoms with E-state index in [0.717, 1.165) is 19.3 Å². The summed E-state index contributed by atoms with van der Waals surface area (Å²) in [5, 5.41) is 2.61. The van der Waals surface area contributed by atoms with E-state index in [1.54, 1.807) is 14.0 Å². The summed E-state index contributed by atoms with van der Waals surface area (Å²) >= 11 is 0. The summed E-state index contributed by atoms with van der Waals surface area (Å²) < 4.78 is 29.5. The number of esters is 1. The van der Waals surface area contributed by atoms with Crippen LogP contribution in [0.3, 0.4) is 0 Å². The number of carbonyl (C=O) groups is 1. The van der Waals surface area contributed by atoms with Crippen molar-refractivity contribution in [3.8, 4) is 0 Å². The highest BCUT2D eigenvalue weighted by Crippen LogP contribution is 2.31. The molecule has 0 saturated heterocycles. The normalized spacial score (nSPS) is 28.1. The summed E-state index contributed by atoms with van der Waals surface area (Å²) in [5.41, 5.74) is 0. The Labute approximate surface area is 116 Å². The van der Waals surface area contributed by atoms with E-state index in [9.17, 15) is 13.2 Å². The molecule has 1 aliphatic carbocycles. The Kier molecular flexibility index (Phi) is 6.26. The average molecular weight is 291 g/mol. The summed E-state index contributed by atoms with van der Waals surface area (Å²) in [5.74, 6) is -0.706. The van der Waals surface area contributed by atoms with Gasteiger partial charge < -0.3 is 10.1 Å². The van der Waals surface area contributed by atoms with E-state index >= 15 is 0 Å². The van der Waals surface area contributed by atoms with E-state index in [1.165, 1.54) is 0 Å². The van der Waals surface area contributed by atoms with Crippen LogP contribution in [0.2, 0.25) is 0 Å². The molecule has 0 bridgehead atoms. The van der Waals surface area contributed by atoms with Crippen LogP contribution < -0.4 is 5.32 Å². The maximum atomic E-state index is 12.4. The lowest BCUT2D eigenvalue weighted by atomic mass is 9.84. The Morgan fingerprint density at radius 3 is 2.53 bits per heavy atom. The molecule has 3 atom stereocenters. The average Bonchev–Trinajstić information content (AvgIpc) is 2.37. The third-order valence-electron chi connectivity index (χ3n) is 3.93.